The lowest BCUT2D eigenvalue weighted by Gasteiger charge is -2.24. The zero-order valence-electron chi connectivity index (χ0n) is 22.4. The average molecular weight is 515 g/mol. The number of hydrogen-bond acceptors (Lipinski definition) is 4. The fourth-order valence-electron chi connectivity index (χ4n) is 5.68. The van der Waals surface area contributed by atoms with Crippen LogP contribution in [0.15, 0.2) is 74.0 Å². The molecule has 0 unspecified atom stereocenters. The van der Waals surface area contributed by atoms with Crippen LogP contribution in [0, 0.1) is 5.92 Å². The van der Waals surface area contributed by atoms with E-state index < -0.39 is 0 Å². The van der Waals surface area contributed by atoms with E-state index in [1.807, 2.05) is 37.8 Å². The lowest BCUT2D eigenvalue weighted by molar-refractivity contribution is 0.405. The third kappa shape index (κ3) is 5.02. The van der Waals surface area contributed by atoms with Crippen molar-refractivity contribution in [3.8, 4) is 11.4 Å². The quantitative estimate of drug-likeness (QED) is 0.263. The Morgan fingerprint density at radius 3 is 2.69 bits per heavy atom. The van der Waals surface area contributed by atoms with Gasteiger partial charge < -0.3 is 10.3 Å². The molecule has 196 valence electrons. The van der Waals surface area contributed by atoms with Crippen LogP contribution in [-0.4, -0.2) is 25.1 Å². The van der Waals surface area contributed by atoms with E-state index in [4.69, 9.17) is 0 Å². The van der Waals surface area contributed by atoms with Gasteiger partial charge in [0.2, 0.25) is 0 Å². The highest BCUT2D eigenvalue weighted by molar-refractivity contribution is 5.97. The van der Waals surface area contributed by atoms with Gasteiger partial charge in [0.1, 0.15) is 5.69 Å². The van der Waals surface area contributed by atoms with Gasteiger partial charge >= 0.3 is 0 Å². The summed E-state index contributed by atoms with van der Waals surface area (Å²) < 4.78 is 0. The van der Waals surface area contributed by atoms with E-state index in [-0.39, 0.29) is 0 Å². The highest BCUT2D eigenvalue weighted by Gasteiger charge is 2.17. The molecule has 6 heteroatoms. The monoisotopic (exact) mass is 514 g/mol. The summed E-state index contributed by atoms with van der Waals surface area (Å²) >= 11 is 0. The molecule has 2 aliphatic rings. The maximum atomic E-state index is 4.69. The van der Waals surface area contributed by atoms with Crippen molar-refractivity contribution in [2.75, 3.05) is 5.32 Å². The molecular weight excluding hydrogens is 480 g/mol. The summed E-state index contributed by atoms with van der Waals surface area (Å²) in [5.41, 5.74) is 8.93. The molecule has 0 spiro atoms. The zero-order valence-corrected chi connectivity index (χ0v) is 22.4. The minimum Gasteiger partial charge on any atom is -0.358 e. The largest absolute Gasteiger partial charge is 0.358 e. The highest BCUT2D eigenvalue weighted by atomic mass is 15.1. The molecule has 0 radical (unpaired) electrons. The zero-order chi connectivity index (χ0) is 26.8. The van der Waals surface area contributed by atoms with Gasteiger partial charge in [-0.2, -0.15) is 5.10 Å². The molecular formula is C33H34N6. The van der Waals surface area contributed by atoms with Crippen LogP contribution in [0.4, 0.5) is 5.69 Å². The number of H-pyrrole nitrogens is 2. The first-order valence-electron chi connectivity index (χ1n) is 13.8. The van der Waals surface area contributed by atoms with Crippen LogP contribution in [0.2, 0.25) is 0 Å². The van der Waals surface area contributed by atoms with E-state index in [1.54, 1.807) is 0 Å². The maximum absolute atomic E-state index is 4.69. The summed E-state index contributed by atoms with van der Waals surface area (Å²) in [6.45, 7) is 10.7. The van der Waals surface area contributed by atoms with Crippen LogP contribution in [0.3, 0.4) is 0 Å². The lowest BCUT2D eigenvalue weighted by Crippen LogP contribution is -2.23. The van der Waals surface area contributed by atoms with Gasteiger partial charge in [0.05, 0.1) is 34.6 Å². The Kier molecular flexibility index (Phi) is 6.84. The molecule has 0 aromatic carbocycles. The number of aromatic nitrogens is 5. The van der Waals surface area contributed by atoms with Crippen LogP contribution >= 0.6 is 0 Å². The molecule has 0 aliphatic heterocycles. The SMILES string of the molecule is C=C(/C=c1/c(-c2cc3c(C4=CCC=C4)cncc3[nH]2)n[nH]/c1=C/C)c1cncc(NC(=C)C2CCCCC2)c1. The lowest BCUT2D eigenvalue weighted by atomic mass is 9.87. The molecule has 4 aromatic rings. The predicted molar refractivity (Wildman–Crippen MR) is 162 cm³/mol. The molecule has 3 N–H and O–H groups in total. The number of anilines is 1. The normalized spacial score (nSPS) is 16.7. The first-order valence-corrected chi connectivity index (χ1v) is 13.8. The number of allylic oxidation sites excluding steroid dienone is 6. The minimum absolute atomic E-state index is 0.529. The summed E-state index contributed by atoms with van der Waals surface area (Å²) in [6, 6.07) is 4.26. The Balaban J connectivity index is 1.33. The molecule has 39 heavy (non-hydrogen) atoms. The molecule has 2 aliphatic carbocycles. The fraction of sp³-hybridized carbons (Fsp3) is 0.242. The number of hydrogen-bond donors (Lipinski definition) is 3. The maximum Gasteiger partial charge on any atom is 0.116 e. The standard InChI is InChI=1S/C33H34N6/c1-4-30-28(14-21(2)25-15-26(18-34-17-25)36-22(3)23-10-6-5-7-11-23)33(39-38-30)31-16-27-29(24-12-8-9-13-24)19-35-20-32(27)37-31/h4,8,12-20,23,36-38H,2-3,5-7,9-11H2,1H3/b28-14+,30-4+. The Hall–Kier alpha value is -4.45. The van der Waals surface area contributed by atoms with Crippen molar-refractivity contribution in [1.29, 1.82) is 0 Å². The first-order chi connectivity index (χ1) is 19.1. The van der Waals surface area contributed by atoms with Gasteiger partial charge in [-0.15, -0.1) is 0 Å². The van der Waals surface area contributed by atoms with Crippen molar-refractivity contribution in [1.82, 2.24) is 25.1 Å². The van der Waals surface area contributed by atoms with E-state index in [1.165, 1.54) is 37.7 Å². The summed E-state index contributed by atoms with van der Waals surface area (Å²) in [4.78, 5) is 12.5. The molecule has 1 saturated carbocycles. The van der Waals surface area contributed by atoms with Crippen molar-refractivity contribution >= 4 is 39.9 Å². The van der Waals surface area contributed by atoms with Crippen molar-refractivity contribution in [3.05, 3.63) is 95.7 Å². The van der Waals surface area contributed by atoms with Crippen LogP contribution in [0.1, 0.15) is 56.6 Å². The summed E-state index contributed by atoms with van der Waals surface area (Å²) in [5, 5.41) is 14.4. The van der Waals surface area contributed by atoms with E-state index in [0.29, 0.717) is 5.92 Å². The average Bonchev–Trinajstić information content (AvgIpc) is 3.73. The number of rotatable bonds is 7. The van der Waals surface area contributed by atoms with E-state index >= 15 is 0 Å². The number of aromatic amines is 2. The van der Waals surface area contributed by atoms with Gasteiger partial charge in [0.25, 0.3) is 0 Å². The van der Waals surface area contributed by atoms with Gasteiger partial charge in [-0.3, -0.25) is 15.1 Å². The van der Waals surface area contributed by atoms with Gasteiger partial charge in [-0.1, -0.05) is 56.7 Å². The van der Waals surface area contributed by atoms with Crippen LogP contribution < -0.4 is 15.9 Å². The van der Waals surface area contributed by atoms with Crippen molar-refractivity contribution in [3.63, 3.8) is 0 Å². The molecule has 4 heterocycles. The smallest absolute Gasteiger partial charge is 0.116 e. The number of pyridine rings is 2. The van der Waals surface area contributed by atoms with Crippen LogP contribution in [-0.2, 0) is 0 Å². The van der Waals surface area contributed by atoms with E-state index in [9.17, 15) is 0 Å². The van der Waals surface area contributed by atoms with Gasteiger partial charge in [-0.05, 0) is 61.5 Å². The topological polar surface area (TPSA) is 82.3 Å². The first kappa shape index (κ1) is 24.9. The molecule has 1 fully saturated rings. The van der Waals surface area contributed by atoms with E-state index in [2.05, 4.69) is 80.1 Å². The Morgan fingerprint density at radius 2 is 1.90 bits per heavy atom. The molecule has 0 saturated heterocycles. The molecule has 0 bridgehead atoms. The van der Waals surface area contributed by atoms with Gasteiger partial charge in [0, 0.05) is 39.8 Å². The number of nitrogens with one attached hydrogen (secondary N) is 3. The number of fused-ring (bicyclic) bond motifs is 1. The third-order valence-corrected chi connectivity index (χ3v) is 7.84. The van der Waals surface area contributed by atoms with Crippen molar-refractivity contribution in [2.24, 2.45) is 5.92 Å². The predicted octanol–water partition coefficient (Wildman–Crippen LogP) is 6.49. The van der Waals surface area contributed by atoms with Crippen molar-refractivity contribution < 1.29 is 0 Å². The molecule has 6 nitrogen and oxygen atoms in total. The summed E-state index contributed by atoms with van der Waals surface area (Å²) in [6.07, 6.45) is 25.4. The molecule has 4 aromatic heterocycles. The highest BCUT2D eigenvalue weighted by Crippen LogP contribution is 2.31. The van der Waals surface area contributed by atoms with Crippen LogP contribution in [0.5, 0.6) is 0 Å². The summed E-state index contributed by atoms with van der Waals surface area (Å²) in [5.74, 6) is 0.529. The van der Waals surface area contributed by atoms with Crippen molar-refractivity contribution in [2.45, 2.75) is 45.4 Å². The second-order valence-electron chi connectivity index (χ2n) is 10.4. The van der Waals surface area contributed by atoms with Crippen LogP contribution in [0.25, 0.3) is 45.6 Å². The fourth-order valence-corrected chi connectivity index (χ4v) is 5.68. The second kappa shape index (κ2) is 10.7. The molecule has 0 amide bonds. The molecule has 0 atom stereocenters. The summed E-state index contributed by atoms with van der Waals surface area (Å²) in [7, 11) is 0. The third-order valence-electron chi connectivity index (χ3n) is 7.84. The number of nitrogens with zero attached hydrogens (tertiary/aromatic N) is 3. The van der Waals surface area contributed by atoms with Gasteiger partial charge in [0.15, 0.2) is 0 Å². The Morgan fingerprint density at radius 1 is 1.05 bits per heavy atom. The second-order valence-corrected chi connectivity index (χ2v) is 10.4. The Labute approximate surface area is 228 Å². The van der Waals surface area contributed by atoms with E-state index in [0.717, 1.165) is 67.4 Å². The molecule has 6 rings (SSSR count). The van der Waals surface area contributed by atoms with Gasteiger partial charge in [-0.25, -0.2) is 0 Å². The Bertz CT molecular complexity index is 1740. The minimum atomic E-state index is 0.529.